The monoisotopic (exact) mass is 373 g/mol. The van der Waals surface area contributed by atoms with Crippen LogP contribution < -0.4 is 4.90 Å². The Morgan fingerprint density at radius 2 is 1.85 bits per heavy atom. The lowest BCUT2D eigenvalue weighted by molar-refractivity contribution is 0.240. The molecule has 0 atom stereocenters. The maximum Gasteiger partial charge on any atom is 0.186 e. The maximum absolute atomic E-state index is 14.7. The summed E-state index contributed by atoms with van der Waals surface area (Å²) < 4.78 is 20.1. The molecular formula is C20H28FN5O. The Hall–Kier alpha value is -2.02. The topological polar surface area (TPSA) is 58.3 Å². The first-order valence-electron chi connectivity index (χ1n) is 9.78. The summed E-state index contributed by atoms with van der Waals surface area (Å²) in [5.41, 5.74) is 1.20. The van der Waals surface area contributed by atoms with Crippen LogP contribution in [0.15, 0.2) is 10.6 Å². The van der Waals surface area contributed by atoms with E-state index in [1.807, 2.05) is 4.90 Å². The van der Waals surface area contributed by atoms with Gasteiger partial charge in [0, 0.05) is 50.1 Å². The standard InChI is InChI=1S/C20H28FN5O/c1-13-17(21)18(23-19(22-13)20(2,3)4)26-9-7-25(8-10-26)12-15-11-16(27-24-15)14-5-6-14/h11,14H,5-10,12H2,1-4H3. The van der Waals surface area contributed by atoms with Crippen molar-refractivity contribution in [3.05, 3.63) is 34.9 Å². The average molecular weight is 373 g/mol. The number of aromatic nitrogens is 3. The molecular weight excluding hydrogens is 345 g/mol. The van der Waals surface area contributed by atoms with Crippen LogP contribution in [-0.2, 0) is 12.0 Å². The van der Waals surface area contributed by atoms with Crippen LogP contribution in [0.1, 0.15) is 62.5 Å². The van der Waals surface area contributed by atoms with Gasteiger partial charge in [-0.25, -0.2) is 14.4 Å². The van der Waals surface area contributed by atoms with Gasteiger partial charge in [-0.2, -0.15) is 0 Å². The summed E-state index contributed by atoms with van der Waals surface area (Å²) in [5.74, 6) is 2.43. The summed E-state index contributed by atoms with van der Waals surface area (Å²) in [7, 11) is 0. The number of nitrogens with zero attached hydrogens (tertiary/aromatic N) is 5. The van der Waals surface area contributed by atoms with E-state index in [2.05, 4.69) is 46.9 Å². The third-order valence-electron chi connectivity index (χ3n) is 5.28. The highest BCUT2D eigenvalue weighted by molar-refractivity contribution is 5.43. The molecule has 1 saturated heterocycles. The van der Waals surface area contributed by atoms with Crippen molar-refractivity contribution in [3.63, 3.8) is 0 Å². The fourth-order valence-corrected chi connectivity index (χ4v) is 3.40. The molecule has 1 aliphatic carbocycles. The normalized spacial score (nSPS) is 18.9. The summed E-state index contributed by atoms with van der Waals surface area (Å²) in [4.78, 5) is 13.3. The van der Waals surface area contributed by atoms with E-state index in [0.717, 1.165) is 44.2 Å². The predicted molar refractivity (Wildman–Crippen MR) is 101 cm³/mol. The predicted octanol–water partition coefficient (Wildman–Crippen LogP) is 3.41. The van der Waals surface area contributed by atoms with E-state index >= 15 is 0 Å². The van der Waals surface area contributed by atoms with Crippen LogP contribution in [0.4, 0.5) is 10.2 Å². The van der Waals surface area contributed by atoms with Crippen molar-refractivity contribution in [2.75, 3.05) is 31.1 Å². The van der Waals surface area contributed by atoms with Gasteiger partial charge in [0.05, 0.1) is 11.4 Å². The molecule has 0 N–H and O–H groups in total. The zero-order valence-corrected chi connectivity index (χ0v) is 16.6. The fraction of sp³-hybridized carbons (Fsp3) is 0.650. The first-order valence-corrected chi connectivity index (χ1v) is 9.78. The van der Waals surface area contributed by atoms with Crippen molar-refractivity contribution in [2.24, 2.45) is 0 Å². The van der Waals surface area contributed by atoms with Crippen LogP contribution in [0.2, 0.25) is 0 Å². The quantitative estimate of drug-likeness (QED) is 0.819. The minimum absolute atomic E-state index is 0.207. The molecule has 0 bridgehead atoms. The third-order valence-corrected chi connectivity index (χ3v) is 5.28. The van der Waals surface area contributed by atoms with Gasteiger partial charge >= 0.3 is 0 Å². The number of rotatable bonds is 4. The Balaban J connectivity index is 1.42. The minimum Gasteiger partial charge on any atom is -0.361 e. The summed E-state index contributed by atoms with van der Waals surface area (Å²) in [6, 6.07) is 2.09. The van der Waals surface area contributed by atoms with Gasteiger partial charge in [0.2, 0.25) is 0 Å². The van der Waals surface area contributed by atoms with E-state index in [1.165, 1.54) is 12.8 Å². The third kappa shape index (κ3) is 3.98. The van der Waals surface area contributed by atoms with Gasteiger partial charge in [0.15, 0.2) is 11.6 Å². The smallest absolute Gasteiger partial charge is 0.186 e. The molecule has 0 unspecified atom stereocenters. The molecule has 2 fully saturated rings. The number of hydrogen-bond acceptors (Lipinski definition) is 6. The second-order valence-electron chi connectivity index (χ2n) is 8.78. The van der Waals surface area contributed by atoms with Crippen molar-refractivity contribution >= 4 is 5.82 Å². The van der Waals surface area contributed by atoms with Crippen LogP contribution in [0.25, 0.3) is 0 Å². The van der Waals surface area contributed by atoms with Crippen LogP contribution in [0.3, 0.4) is 0 Å². The summed E-state index contributed by atoms with van der Waals surface area (Å²) in [6.45, 7) is 11.8. The van der Waals surface area contributed by atoms with Gasteiger partial charge in [0.25, 0.3) is 0 Å². The van der Waals surface area contributed by atoms with E-state index in [1.54, 1.807) is 6.92 Å². The molecule has 0 amide bonds. The Morgan fingerprint density at radius 1 is 1.15 bits per heavy atom. The van der Waals surface area contributed by atoms with Crippen LogP contribution in [0, 0.1) is 12.7 Å². The second kappa shape index (κ2) is 6.86. The van der Waals surface area contributed by atoms with Gasteiger partial charge < -0.3 is 9.42 Å². The van der Waals surface area contributed by atoms with Gasteiger partial charge in [-0.05, 0) is 19.8 Å². The van der Waals surface area contributed by atoms with Gasteiger partial charge in [0.1, 0.15) is 11.6 Å². The summed E-state index contributed by atoms with van der Waals surface area (Å²) in [5, 5.41) is 4.20. The van der Waals surface area contributed by atoms with E-state index < -0.39 is 0 Å². The first kappa shape index (κ1) is 18.3. The molecule has 3 heterocycles. The van der Waals surface area contributed by atoms with Crippen molar-refractivity contribution in [1.82, 2.24) is 20.0 Å². The highest BCUT2D eigenvalue weighted by Crippen LogP contribution is 2.40. The molecule has 2 aromatic heterocycles. The molecule has 2 aromatic rings. The van der Waals surface area contributed by atoms with Gasteiger partial charge in [-0.15, -0.1) is 0 Å². The molecule has 0 spiro atoms. The molecule has 0 aromatic carbocycles. The summed E-state index contributed by atoms with van der Waals surface area (Å²) in [6.07, 6.45) is 2.43. The van der Waals surface area contributed by atoms with E-state index in [4.69, 9.17) is 4.52 Å². The van der Waals surface area contributed by atoms with Crippen LogP contribution in [-0.4, -0.2) is 46.2 Å². The number of anilines is 1. The van der Waals surface area contributed by atoms with Crippen molar-refractivity contribution < 1.29 is 8.91 Å². The fourth-order valence-electron chi connectivity index (χ4n) is 3.40. The zero-order chi connectivity index (χ0) is 19.2. The SMILES string of the molecule is Cc1nc(C(C)(C)C)nc(N2CCN(Cc3cc(C4CC4)on3)CC2)c1F. The number of aryl methyl sites for hydroxylation is 1. The molecule has 146 valence electrons. The molecule has 1 aliphatic heterocycles. The lowest BCUT2D eigenvalue weighted by atomic mass is 9.95. The molecule has 1 saturated carbocycles. The zero-order valence-electron chi connectivity index (χ0n) is 16.6. The highest BCUT2D eigenvalue weighted by atomic mass is 19.1. The molecule has 2 aliphatic rings. The lowest BCUT2D eigenvalue weighted by Gasteiger charge is -2.35. The number of piperazine rings is 1. The largest absolute Gasteiger partial charge is 0.361 e. The first-order chi connectivity index (χ1) is 12.8. The van der Waals surface area contributed by atoms with Gasteiger partial charge in [-0.3, -0.25) is 4.90 Å². The highest BCUT2D eigenvalue weighted by Gasteiger charge is 2.29. The Labute approximate surface area is 159 Å². The molecule has 6 nitrogen and oxygen atoms in total. The average Bonchev–Trinajstić information content (AvgIpc) is 3.37. The van der Waals surface area contributed by atoms with E-state index in [-0.39, 0.29) is 11.2 Å². The van der Waals surface area contributed by atoms with Crippen molar-refractivity contribution in [1.29, 1.82) is 0 Å². The minimum atomic E-state index is -0.304. The Bertz CT molecular complexity index is 816. The van der Waals surface area contributed by atoms with E-state index in [9.17, 15) is 4.39 Å². The number of hydrogen-bond donors (Lipinski definition) is 0. The molecule has 27 heavy (non-hydrogen) atoms. The lowest BCUT2D eigenvalue weighted by Crippen LogP contribution is -2.46. The molecule has 4 rings (SSSR count). The van der Waals surface area contributed by atoms with Crippen molar-refractivity contribution in [2.45, 2.75) is 58.4 Å². The number of halogens is 1. The Kier molecular flexibility index (Phi) is 4.66. The van der Waals surface area contributed by atoms with Crippen molar-refractivity contribution in [3.8, 4) is 0 Å². The van der Waals surface area contributed by atoms with Gasteiger partial charge in [-0.1, -0.05) is 25.9 Å². The second-order valence-corrected chi connectivity index (χ2v) is 8.78. The van der Waals surface area contributed by atoms with Crippen LogP contribution >= 0.6 is 0 Å². The molecule has 0 radical (unpaired) electrons. The van der Waals surface area contributed by atoms with E-state index in [0.29, 0.717) is 23.3 Å². The molecule has 7 heteroatoms. The van der Waals surface area contributed by atoms with Crippen LogP contribution in [0.5, 0.6) is 0 Å². The summed E-state index contributed by atoms with van der Waals surface area (Å²) >= 11 is 0. The Morgan fingerprint density at radius 3 is 2.48 bits per heavy atom. The maximum atomic E-state index is 14.7.